The Morgan fingerprint density at radius 3 is 2.23 bits per heavy atom. The lowest BCUT2D eigenvalue weighted by atomic mass is 9.70. The Morgan fingerprint density at radius 2 is 1.67 bits per heavy atom. The van der Waals surface area contributed by atoms with E-state index in [9.17, 15) is 13.2 Å². The predicted octanol–water partition coefficient (Wildman–Crippen LogP) is 7.27. The van der Waals surface area contributed by atoms with E-state index >= 15 is 0 Å². The number of hydrogen-bond donors (Lipinski definition) is 0. The van der Waals surface area contributed by atoms with Crippen LogP contribution in [0.15, 0.2) is 24.8 Å². The third kappa shape index (κ3) is 6.50. The summed E-state index contributed by atoms with van der Waals surface area (Å²) in [6, 6.07) is 4.12. The Kier molecular flexibility index (Phi) is 8.27. The molecule has 168 valence electrons. The number of alkyl halides is 2. The molecule has 0 N–H and O–H groups in total. The lowest BCUT2D eigenvalue weighted by Gasteiger charge is -2.38. The first-order valence-corrected chi connectivity index (χ1v) is 11.4. The first-order valence-electron chi connectivity index (χ1n) is 11.4. The third-order valence-electron chi connectivity index (χ3n) is 6.91. The summed E-state index contributed by atoms with van der Waals surface area (Å²) in [5.41, 5.74) is 0.331. The maximum absolute atomic E-state index is 14.5. The molecule has 1 aromatic rings. The van der Waals surface area contributed by atoms with Gasteiger partial charge in [-0.3, -0.25) is 0 Å². The van der Waals surface area contributed by atoms with Gasteiger partial charge in [-0.15, -0.1) is 0 Å². The molecule has 0 aliphatic heterocycles. The zero-order chi connectivity index (χ0) is 21.6. The van der Waals surface area contributed by atoms with E-state index in [2.05, 4.69) is 6.58 Å². The van der Waals surface area contributed by atoms with Crippen LogP contribution in [-0.4, -0.2) is 25.2 Å². The molecule has 0 heterocycles. The highest BCUT2D eigenvalue weighted by Gasteiger charge is 2.37. The van der Waals surface area contributed by atoms with Gasteiger partial charge in [0.05, 0.1) is 6.10 Å². The third-order valence-corrected chi connectivity index (χ3v) is 6.91. The van der Waals surface area contributed by atoms with E-state index in [-0.39, 0.29) is 18.1 Å². The molecule has 2 saturated carbocycles. The molecule has 1 aromatic carbocycles. The normalized spacial score (nSPS) is 27.6. The number of rotatable bonds is 9. The average molecular weight is 425 g/mol. The number of ether oxygens (including phenoxy) is 2. The molecule has 0 aromatic heterocycles. The highest BCUT2D eigenvalue weighted by Crippen LogP contribution is 2.43. The minimum Gasteiger partial charge on any atom is -0.487 e. The Labute approximate surface area is 178 Å². The van der Waals surface area contributed by atoms with Crippen LogP contribution < -0.4 is 4.74 Å². The second kappa shape index (κ2) is 10.7. The fourth-order valence-corrected chi connectivity index (χ4v) is 5.26. The molecule has 3 rings (SSSR count). The van der Waals surface area contributed by atoms with Crippen molar-refractivity contribution in [1.82, 2.24) is 0 Å². The van der Waals surface area contributed by atoms with Gasteiger partial charge in [0.1, 0.15) is 11.6 Å². The number of benzene rings is 1. The molecule has 30 heavy (non-hydrogen) atoms. The maximum atomic E-state index is 14.5. The standard InChI is InChI=1S/C25H35F3O2/c1-3-19-9-14-23(15-24(19)26)30-17-25(27,28)16-18-5-7-20(8-6-18)21-10-12-22(13-11-21)29-4-2/h3,9,14-15,18,20-22H,1,4-8,10-13,16-17H2,2H3. The van der Waals surface area contributed by atoms with Crippen LogP contribution >= 0.6 is 0 Å². The molecule has 2 aliphatic carbocycles. The fraction of sp³-hybridized carbons (Fsp3) is 0.680. The molecule has 0 amide bonds. The van der Waals surface area contributed by atoms with Crippen LogP contribution in [0.25, 0.3) is 6.08 Å². The van der Waals surface area contributed by atoms with E-state index < -0.39 is 18.3 Å². The molecule has 0 atom stereocenters. The lowest BCUT2D eigenvalue weighted by Crippen LogP contribution is -2.32. The molecule has 0 saturated heterocycles. The van der Waals surface area contributed by atoms with Gasteiger partial charge < -0.3 is 9.47 Å². The smallest absolute Gasteiger partial charge is 0.281 e. The molecule has 2 aliphatic rings. The minimum absolute atomic E-state index is 0.0412. The zero-order valence-corrected chi connectivity index (χ0v) is 18.1. The van der Waals surface area contributed by atoms with E-state index in [1.807, 2.05) is 6.92 Å². The van der Waals surface area contributed by atoms with Crippen LogP contribution in [0.1, 0.15) is 70.3 Å². The molecule has 2 nitrogen and oxygen atoms in total. The Hall–Kier alpha value is -1.49. The van der Waals surface area contributed by atoms with E-state index in [0.29, 0.717) is 17.6 Å². The van der Waals surface area contributed by atoms with Gasteiger partial charge >= 0.3 is 0 Å². The summed E-state index contributed by atoms with van der Waals surface area (Å²) in [5.74, 6) is -1.83. The summed E-state index contributed by atoms with van der Waals surface area (Å²) in [6.45, 7) is 5.64. The van der Waals surface area contributed by atoms with Crippen molar-refractivity contribution in [2.75, 3.05) is 13.2 Å². The van der Waals surface area contributed by atoms with Crippen LogP contribution in [0, 0.1) is 23.6 Å². The predicted molar refractivity (Wildman–Crippen MR) is 114 cm³/mol. The van der Waals surface area contributed by atoms with Gasteiger partial charge in [-0.1, -0.05) is 12.7 Å². The quantitative estimate of drug-likeness (QED) is 0.415. The van der Waals surface area contributed by atoms with Crippen molar-refractivity contribution < 1.29 is 22.6 Å². The number of hydrogen-bond acceptors (Lipinski definition) is 2. The van der Waals surface area contributed by atoms with Gasteiger partial charge in [0.25, 0.3) is 5.92 Å². The highest BCUT2D eigenvalue weighted by atomic mass is 19.3. The Bertz CT molecular complexity index is 675. The first-order chi connectivity index (χ1) is 14.4. The number of halogens is 3. The van der Waals surface area contributed by atoms with E-state index in [4.69, 9.17) is 9.47 Å². The van der Waals surface area contributed by atoms with E-state index in [1.165, 1.54) is 31.1 Å². The zero-order valence-electron chi connectivity index (χ0n) is 18.1. The summed E-state index contributed by atoms with van der Waals surface area (Å²) >= 11 is 0. The summed E-state index contributed by atoms with van der Waals surface area (Å²) in [7, 11) is 0. The molecule has 0 spiro atoms. The van der Waals surface area contributed by atoms with Gasteiger partial charge in [-0.2, -0.15) is 0 Å². The first kappa shape index (κ1) is 23.2. The van der Waals surface area contributed by atoms with Gasteiger partial charge in [0.2, 0.25) is 0 Å². The van der Waals surface area contributed by atoms with Gasteiger partial charge in [-0.05, 0) is 88.2 Å². The topological polar surface area (TPSA) is 18.5 Å². The van der Waals surface area contributed by atoms with Crippen LogP contribution in [0.2, 0.25) is 0 Å². The summed E-state index contributed by atoms with van der Waals surface area (Å²) < 4.78 is 53.6. The second-order valence-corrected chi connectivity index (χ2v) is 9.01. The van der Waals surface area contributed by atoms with Crippen molar-refractivity contribution in [2.45, 2.75) is 76.7 Å². The van der Waals surface area contributed by atoms with Crippen molar-refractivity contribution >= 4 is 6.08 Å². The molecule has 0 bridgehead atoms. The molecule has 5 heteroatoms. The monoisotopic (exact) mass is 424 g/mol. The molecule has 0 unspecified atom stereocenters. The maximum Gasteiger partial charge on any atom is 0.281 e. The van der Waals surface area contributed by atoms with Crippen molar-refractivity contribution in [1.29, 1.82) is 0 Å². The second-order valence-electron chi connectivity index (χ2n) is 9.01. The van der Waals surface area contributed by atoms with Crippen molar-refractivity contribution in [3.05, 3.63) is 36.2 Å². The van der Waals surface area contributed by atoms with E-state index in [1.54, 1.807) is 0 Å². The van der Waals surface area contributed by atoms with Crippen LogP contribution in [-0.2, 0) is 4.74 Å². The minimum atomic E-state index is -2.90. The molecular weight excluding hydrogens is 389 g/mol. The Morgan fingerprint density at radius 1 is 1.03 bits per heavy atom. The van der Waals surface area contributed by atoms with Crippen LogP contribution in [0.3, 0.4) is 0 Å². The summed E-state index contributed by atoms with van der Waals surface area (Å²) in [4.78, 5) is 0. The summed E-state index contributed by atoms with van der Waals surface area (Å²) in [6.07, 6.45) is 10.2. The molecular formula is C25H35F3O2. The van der Waals surface area contributed by atoms with Gasteiger partial charge in [-0.25, -0.2) is 13.2 Å². The van der Waals surface area contributed by atoms with Crippen LogP contribution in [0.5, 0.6) is 5.75 Å². The Balaban J connectivity index is 1.40. The summed E-state index contributed by atoms with van der Waals surface area (Å²) in [5, 5.41) is 0. The lowest BCUT2D eigenvalue weighted by molar-refractivity contribution is -0.0656. The average Bonchev–Trinajstić information content (AvgIpc) is 2.74. The van der Waals surface area contributed by atoms with Crippen LogP contribution in [0.4, 0.5) is 13.2 Å². The van der Waals surface area contributed by atoms with Crippen molar-refractivity contribution in [3.63, 3.8) is 0 Å². The van der Waals surface area contributed by atoms with Crippen molar-refractivity contribution in [2.24, 2.45) is 17.8 Å². The highest BCUT2D eigenvalue weighted by molar-refractivity contribution is 5.49. The fourth-order valence-electron chi connectivity index (χ4n) is 5.26. The van der Waals surface area contributed by atoms with Gasteiger partial charge in [0, 0.05) is 24.7 Å². The van der Waals surface area contributed by atoms with E-state index in [0.717, 1.165) is 57.1 Å². The molecule has 2 fully saturated rings. The largest absolute Gasteiger partial charge is 0.487 e. The van der Waals surface area contributed by atoms with Crippen molar-refractivity contribution in [3.8, 4) is 5.75 Å². The SMILES string of the molecule is C=Cc1ccc(OCC(F)(F)CC2CCC(C3CCC(OCC)CC3)CC2)cc1F. The van der Waals surface area contributed by atoms with Gasteiger partial charge in [0.15, 0.2) is 6.61 Å². The molecule has 0 radical (unpaired) electrons.